The summed E-state index contributed by atoms with van der Waals surface area (Å²) in [7, 11) is 1.91. The monoisotopic (exact) mass is 389 g/mol. The number of hydrogen-bond acceptors (Lipinski definition) is 5. The first-order valence-corrected chi connectivity index (χ1v) is 9.75. The topological polar surface area (TPSA) is 63.5 Å². The normalized spacial score (nSPS) is 20.8. The van der Waals surface area contributed by atoms with Crippen molar-refractivity contribution in [2.45, 2.75) is 25.3 Å². The lowest BCUT2D eigenvalue weighted by Crippen LogP contribution is -2.45. The highest BCUT2D eigenvalue weighted by molar-refractivity contribution is 6.30. The van der Waals surface area contributed by atoms with Crippen molar-refractivity contribution in [3.8, 4) is 5.69 Å². The van der Waals surface area contributed by atoms with Crippen molar-refractivity contribution in [1.29, 1.82) is 0 Å². The van der Waals surface area contributed by atoms with E-state index in [1.807, 2.05) is 24.2 Å². The minimum atomic E-state index is 0.0751. The second kappa shape index (κ2) is 7.86. The van der Waals surface area contributed by atoms with Crippen LogP contribution in [0, 0.1) is 5.92 Å². The Kier molecular flexibility index (Phi) is 5.31. The fourth-order valence-corrected chi connectivity index (χ4v) is 4.05. The second-order valence-corrected chi connectivity index (χ2v) is 7.63. The van der Waals surface area contributed by atoms with E-state index in [-0.39, 0.29) is 17.9 Å². The zero-order valence-electron chi connectivity index (χ0n) is 15.4. The Balaban J connectivity index is 1.43. The molecule has 4 rings (SSSR count). The number of anilines is 1. The molecular weight excluding hydrogens is 366 g/mol. The van der Waals surface area contributed by atoms with Crippen molar-refractivity contribution in [1.82, 2.24) is 19.7 Å². The van der Waals surface area contributed by atoms with Gasteiger partial charge in [0.25, 0.3) is 0 Å². The minimum absolute atomic E-state index is 0.0751. The lowest BCUT2D eigenvalue weighted by atomic mass is 9.94. The van der Waals surface area contributed by atoms with Crippen LogP contribution in [0.1, 0.15) is 19.3 Å². The number of amides is 1. The molecule has 7 nitrogen and oxygen atoms in total. The van der Waals surface area contributed by atoms with Crippen LogP contribution in [-0.2, 0) is 9.53 Å². The number of piperidine rings is 1. The molecule has 27 heavy (non-hydrogen) atoms. The molecule has 0 radical (unpaired) electrons. The molecule has 0 N–H and O–H groups in total. The van der Waals surface area contributed by atoms with E-state index in [2.05, 4.69) is 15.0 Å². The molecule has 0 spiro atoms. The van der Waals surface area contributed by atoms with E-state index < -0.39 is 0 Å². The number of aromatic nitrogens is 3. The van der Waals surface area contributed by atoms with Crippen LogP contribution >= 0.6 is 11.6 Å². The van der Waals surface area contributed by atoms with Crippen molar-refractivity contribution in [3.63, 3.8) is 0 Å². The maximum Gasteiger partial charge on any atom is 0.225 e. The summed E-state index contributed by atoms with van der Waals surface area (Å²) < 4.78 is 7.19. The number of halogens is 1. The molecule has 0 saturated carbocycles. The molecule has 144 valence electrons. The molecule has 2 aliphatic heterocycles. The Morgan fingerprint density at radius 3 is 2.74 bits per heavy atom. The lowest BCUT2D eigenvalue weighted by molar-refractivity contribution is -0.137. The van der Waals surface area contributed by atoms with Crippen molar-refractivity contribution in [2.75, 3.05) is 38.3 Å². The predicted octanol–water partition coefficient (Wildman–Crippen LogP) is 2.38. The molecular formula is C19H24ClN5O2. The lowest BCUT2D eigenvalue weighted by Gasteiger charge is -2.36. The number of hydrogen-bond donors (Lipinski definition) is 0. The van der Waals surface area contributed by atoms with Crippen LogP contribution in [0.2, 0.25) is 5.02 Å². The number of likely N-dealkylation sites (N-methyl/N-ethyl adjacent to an activating group) is 1. The van der Waals surface area contributed by atoms with Gasteiger partial charge in [-0.25, -0.2) is 4.68 Å². The summed E-state index contributed by atoms with van der Waals surface area (Å²) in [5.74, 6) is 0.321. The highest BCUT2D eigenvalue weighted by Crippen LogP contribution is 2.29. The van der Waals surface area contributed by atoms with Gasteiger partial charge in [-0.1, -0.05) is 11.6 Å². The van der Waals surface area contributed by atoms with Gasteiger partial charge in [0.15, 0.2) is 0 Å². The molecule has 8 heteroatoms. The molecule has 0 bridgehead atoms. The molecule has 2 saturated heterocycles. The molecule has 1 atom stereocenters. The van der Waals surface area contributed by atoms with Gasteiger partial charge in [0.2, 0.25) is 5.91 Å². The first-order chi connectivity index (χ1) is 13.1. The van der Waals surface area contributed by atoms with E-state index in [4.69, 9.17) is 16.3 Å². The van der Waals surface area contributed by atoms with Crippen LogP contribution in [-0.4, -0.2) is 65.0 Å². The number of pyridine rings is 1. The van der Waals surface area contributed by atoms with Gasteiger partial charge in [-0.05, 0) is 25.3 Å². The average Bonchev–Trinajstić information content (AvgIpc) is 3.39. The van der Waals surface area contributed by atoms with E-state index in [0.717, 1.165) is 50.3 Å². The van der Waals surface area contributed by atoms with E-state index in [0.29, 0.717) is 11.6 Å². The van der Waals surface area contributed by atoms with Gasteiger partial charge < -0.3 is 14.5 Å². The summed E-state index contributed by atoms with van der Waals surface area (Å²) in [5.41, 5.74) is 1.96. The number of carbonyl (C=O) groups is 1. The first-order valence-electron chi connectivity index (χ1n) is 9.37. The zero-order valence-corrected chi connectivity index (χ0v) is 16.2. The van der Waals surface area contributed by atoms with E-state index in [1.54, 1.807) is 23.3 Å². The van der Waals surface area contributed by atoms with Gasteiger partial charge in [-0.2, -0.15) is 5.10 Å². The number of nitrogens with zero attached hydrogens (tertiary/aromatic N) is 5. The third kappa shape index (κ3) is 3.80. The zero-order chi connectivity index (χ0) is 18.8. The summed E-state index contributed by atoms with van der Waals surface area (Å²) >= 11 is 6.02. The van der Waals surface area contributed by atoms with Crippen LogP contribution in [0.3, 0.4) is 0 Å². The van der Waals surface area contributed by atoms with E-state index >= 15 is 0 Å². The Morgan fingerprint density at radius 2 is 2.07 bits per heavy atom. The Bertz CT molecular complexity index is 797. The maximum atomic E-state index is 12.8. The predicted molar refractivity (Wildman–Crippen MR) is 103 cm³/mol. The number of ether oxygens (including phenoxy) is 1. The molecule has 1 amide bonds. The molecule has 0 aromatic carbocycles. The van der Waals surface area contributed by atoms with Gasteiger partial charge in [0, 0.05) is 45.1 Å². The van der Waals surface area contributed by atoms with Crippen LogP contribution < -0.4 is 4.90 Å². The van der Waals surface area contributed by atoms with Gasteiger partial charge in [0.1, 0.15) is 0 Å². The van der Waals surface area contributed by atoms with Crippen LogP contribution in [0.5, 0.6) is 0 Å². The van der Waals surface area contributed by atoms with Crippen molar-refractivity contribution in [3.05, 3.63) is 35.9 Å². The fraction of sp³-hybridized carbons (Fsp3) is 0.526. The summed E-state index contributed by atoms with van der Waals surface area (Å²) in [6.07, 6.45) is 9.63. The molecule has 0 unspecified atom stereocenters. The van der Waals surface area contributed by atoms with Crippen molar-refractivity contribution >= 4 is 23.2 Å². The van der Waals surface area contributed by atoms with Crippen molar-refractivity contribution < 1.29 is 9.53 Å². The van der Waals surface area contributed by atoms with Gasteiger partial charge in [-0.3, -0.25) is 9.78 Å². The summed E-state index contributed by atoms with van der Waals surface area (Å²) in [4.78, 5) is 21.3. The summed E-state index contributed by atoms with van der Waals surface area (Å²) in [6, 6.07) is 2.16. The van der Waals surface area contributed by atoms with Crippen LogP contribution in [0.25, 0.3) is 5.69 Å². The molecule has 2 aromatic heterocycles. The minimum Gasteiger partial charge on any atom is -0.379 e. The van der Waals surface area contributed by atoms with E-state index in [9.17, 15) is 4.79 Å². The molecule has 2 aromatic rings. The molecule has 2 fully saturated rings. The third-order valence-corrected chi connectivity index (χ3v) is 5.76. The maximum absolute atomic E-state index is 12.8. The fourth-order valence-electron chi connectivity index (χ4n) is 3.91. The smallest absolute Gasteiger partial charge is 0.225 e. The number of carbonyl (C=O) groups excluding carboxylic acids is 1. The highest BCUT2D eigenvalue weighted by Gasteiger charge is 2.32. The summed E-state index contributed by atoms with van der Waals surface area (Å²) in [5, 5.41) is 4.91. The summed E-state index contributed by atoms with van der Waals surface area (Å²) in [6.45, 7) is 3.05. The standard InChI is InChI=1S/C19H24ClN5O2/c1-23(16-5-9-27-13-16)19(26)14-3-7-24(8-4-14)18-11-21-6-2-17(18)25-12-15(20)10-22-25/h2,6,10-12,14,16H,3-5,7-9,13H2,1H3/t16-/m0/s1. The van der Waals surface area contributed by atoms with Crippen molar-refractivity contribution in [2.24, 2.45) is 5.92 Å². The van der Waals surface area contributed by atoms with E-state index in [1.165, 1.54) is 0 Å². The van der Waals surface area contributed by atoms with Gasteiger partial charge >= 0.3 is 0 Å². The van der Waals surface area contributed by atoms with Gasteiger partial charge in [0.05, 0.1) is 41.4 Å². The largest absolute Gasteiger partial charge is 0.379 e. The Morgan fingerprint density at radius 1 is 1.26 bits per heavy atom. The second-order valence-electron chi connectivity index (χ2n) is 7.20. The SMILES string of the molecule is CN(C(=O)C1CCN(c2cnccc2-n2cc(Cl)cn2)CC1)[C@H]1CCOC1. The van der Waals surface area contributed by atoms with Gasteiger partial charge in [-0.15, -0.1) is 0 Å². The average molecular weight is 390 g/mol. The molecule has 0 aliphatic carbocycles. The Hall–Kier alpha value is -2.12. The first kappa shape index (κ1) is 18.3. The quantitative estimate of drug-likeness (QED) is 0.803. The molecule has 4 heterocycles. The van der Waals surface area contributed by atoms with Crippen LogP contribution in [0.15, 0.2) is 30.9 Å². The highest BCUT2D eigenvalue weighted by atomic mass is 35.5. The Labute approximate surface area is 163 Å². The third-order valence-electron chi connectivity index (χ3n) is 5.56. The van der Waals surface area contributed by atoms with Crippen LogP contribution in [0.4, 0.5) is 5.69 Å². The molecule has 2 aliphatic rings. The number of rotatable bonds is 4.